The van der Waals surface area contributed by atoms with Gasteiger partial charge in [0.25, 0.3) is 5.91 Å². The van der Waals surface area contributed by atoms with Gasteiger partial charge in [-0.2, -0.15) is 0 Å². The summed E-state index contributed by atoms with van der Waals surface area (Å²) >= 11 is 0. The molecular weight excluding hydrogens is 525 g/mol. The van der Waals surface area contributed by atoms with Gasteiger partial charge in [0.15, 0.2) is 0 Å². The number of esters is 1. The summed E-state index contributed by atoms with van der Waals surface area (Å²) in [5, 5.41) is 0.939. The highest BCUT2D eigenvalue weighted by Crippen LogP contribution is 2.41. The monoisotopic (exact) mass is 565 g/mol. The fraction of sp³-hybridized carbons (Fsp3) is 0.438. The van der Waals surface area contributed by atoms with Crippen LogP contribution < -0.4 is 4.74 Å². The van der Waals surface area contributed by atoms with Crippen LogP contribution in [0.15, 0.2) is 48.7 Å². The quantitative estimate of drug-likeness (QED) is 0.235. The molecule has 4 rings (SSSR count). The molecule has 0 atom stereocenters. The van der Waals surface area contributed by atoms with Crippen molar-refractivity contribution in [1.82, 2.24) is 14.8 Å². The number of amides is 1. The Morgan fingerprint density at radius 1 is 1.05 bits per heavy atom. The number of rotatable bonds is 12. The number of hydrogen-bond donors (Lipinski definition) is 1. The van der Waals surface area contributed by atoms with E-state index >= 15 is 0 Å². The number of carbonyl (C=O) groups is 2. The van der Waals surface area contributed by atoms with Crippen molar-refractivity contribution in [3.63, 3.8) is 0 Å². The van der Waals surface area contributed by atoms with Crippen LogP contribution in [-0.4, -0.2) is 79.8 Å². The third-order valence-corrected chi connectivity index (χ3v) is 7.12. The van der Waals surface area contributed by atoms with Crippen molar-refractivity contribution < 1.29 is 28.2 Å². The predicted octanol–water partition coefficient (Wildman–Crippen LogP) is 5.38. The molecule has 1 aliphatic heterocycles. The minimum absolute atomic E-state index is 0.193. The Morgan fingerprint density at radius 2 is 1.78 bits per heavy atom. The first-order chi connectivity index (χ1) is 19.6. The molecule has 2 heterocycles. The van der Waals surface area contributed by atoms with Crippen molar-refractivity contribution in [2.75, 3.05) is 53.1 Å². The largest absolute Gasteiger partial charge is 0.492 e. The lowest BCUT2D eigenvalue weighted by atomic mass is 9.81. The molecule has 9 heteroatoms. The number of nitrogens with zero attached hydrogens (tertiary/aromatic N) is 2. The fourth-order valence-electron chi connectivity index (χ4n) is 5.09. The molecule has 1 N–H and O–H groups in total. The summed E-state index contributed by atoms with van der Waals surface area (Å²) in [5.41, 5.74) is 2.40. The zero-order valence-corrected chi connectivity index (χ0v) is 24.6. The maximum absolute atomic E-state index is 13.5. The van der Waals surface area contributed by atoms with Gasteiger partial charge in [-0.1, -0.05) is 20.8 Å². The molecule has 0 saturated heterocycles. The second-order valence-electron chi connectivity index (χ2n) is 10.9. The van der Waals surface area contributed by atoms with Gasteiger partial charge < -0.3 is 29.0 Å². The second kappa shape index (κ2) is 13.3. The van der Waals surface area contributed by atoms with Crippen LogP contribution in [-0.2, 0) is 19.7 Å². The van der Waals surface area contributed by atoms with Gasteiger partial charge in [0.1, 0.15) is 18.2 Å². The summed E-state index contributed by atoms with van der Waals surface area (Å²) in [5.74, 6) is -0.560. The van der Waals surface area contributed by atoms with Crippen LogP contribution in [0.4, 0.5) is 4.39 Å². The summed E-state index contributed by atoms with van der Waals surface area (Å²) in [6, 6.07) is 11.3. The molecule has 1 aromatic heterocycles. The number of aromatic nitrogens is 1. The molecule has 41 heavy (non-hydrogen) atoms. The molecule has 0 spiro atoms. The lowest BCUT2D eigenvalue weighted by Gasteiger charge is -2.29. The number of aromatic amines is 1. The van der Waals surface area contributed by atoms with Crippen LogP contribution >= 0.6 is 0 Å². The first-order valence-corrected chi connectivity index (χ1v) is 14.2. The zero-order valence-electron chi connectivity index (χ0n) is 24.6. The van der Waals surface area contributed by atoms with E-state index in [0.29, 0.717) is 31.0 Å². The summed E-state index contributed by atoms with van der Waals surface area (Å²) < 4.78 is 30.5. The van der Waals surface area contributed by atoms with E-state index in [1.165, 1.54) is 29.2 Å². The van der Waals surface area contributed by atoms with Crippen LogP contribution in [0, 0.1) is 5.82 Å². The van der Waals surface area contributed by atoms with Gasteiger partial charge in [0, 0.05) is 60.4 Å². The van der Waals surface area contributed by atoms with E-state index in [1.807, 2.05) is 39.1 Å². The number of H-pyrrole nitrogens is 1. The summed E-state index contributed by atoms with van der Waals surface area (Å²) in [7, 11) is 2.04. The highest BCUT2D eigenvalue weighted by molar-refractivity contribution is 6.18. The summed E-state index contributed by atoms with van der Waals surface area (Å²) in [6.45, 7) is 12.0. The normalized spacial score (nSPS) is 14.5. The molecular formula is C32H40FN3O5. The van der Waals surface area contributed by atoms with E-state index in [1.54, 1.807) is 13.1 Å². The first kappa shape index (κ1) is 30.3. The van der Waals surface area contributed by atoms with Gasteiger partial charge >= 0.3 is 5.97 Å². The Morgan fingerprint density at radius 3 is 2.49 bits per heavy atom. The summed E-state index contributed by atoms with van der Waals surface area (Å²) in [6.07, 6.45) is 2.56. The van der Waals surface area contributed by atoms with Crippen molar-refractivity contribution in [2.45, 2.75) is 39.5 Å². The Bertz CT molecular complexity index is 1400. The van der Waals surface area contributed by atoms with Crippen LogP contribution in [0.1, 0.15) is 55.7 Å². The van der Waals surface area contributed by atoms with Crippen molar-refractivity contribution >= 4 is 28.4 Å². The van der Waals surface area contributed by atoms with Crippen molar-refractivity contribution in [3.8, 4) is 5.75 Å². The van der Waals surface area contributed by atoms with E-state index in [9.17, 15) is 14.0 Å². The van der Waals surface area contributed by atoms with Crippen LogP contribution in [0.25, 0.3) is 16.5 Å². The van der Waals surface area contributed by atoms with E-state index in [4.69, 9.17) is 14.2 Å². The van der Waals surface area contributed by atoms with E-state index < -0.39 is 17.2 Å². The Labute approximate surface area is 241 Å². The van der Waals surface area contributed by atoms with Gasteiger partial charge in [0.05, 0.1) is 24.5 Å². The number of nitrogens with one attached hydrogen (secondary N) is 1. The maximum Gasteiger partial charge on any atom is 0.341 e. The van der Waals surface area contributed by atoms with Gasteiger partial charge in [0.2, 0.25) is 0 Å². The molecule has 0 aliphatic carbocycles. The van der Waals surface area contributed by atoms with Crippen LogP contribution in [0.5, 0.6) is 5.75 Å². The molecule has 0 unspecified atom stereocenters. The number of hydrogen-bond acceptors (Lipinski definition) is 6. The van der Waals surface area contributed by atoms with E-state index in [-0.39, 0.29) is 18.1 Å². The molecule has 1 amide bonds. The Balaban J connectivity index is 1.61. The molecule has 0 radical (unpaired) electrons. The van der Waals surface area contributed by atoms with Crippen LogP contribution in [0.2, 0.25) is 0 Å². The second-order valence-corrected chi connectivity index (χ2v) is 10.9. The number of likely N-dealkylation sites (N-methyl/N-ethyl adjacent to an activating group) is 1. The van der Waals surface area contributed by atoms with Gasteiger partial charge in [-0.15, -0.1) is 0 Å². The molecule has 3 aromatic rings. The van der Waals surface area contributed by atoms with Crippen molar-refractivity contribution in [3.05, 3.63) is 71.3 Å². The third kappa shape index (κ3) is 7.15. The lowest BCUT2D eigenvalue weighted by Crippen LogP contribution is -2.36. The zero-order chi connectivity index (χ0) is 29.6. The predicted molar refractivity (Wildman–Crippen MR) is 157 cm³/mol. The van der Waals surface area contributed by atoms with Gasteiger partial charge in [-0.25, -0.2) is 9.18 Å². The number of halogens is 1. The Kier molecular flexibility index (Phi) is 9.83. The molecule has 0 bridgehead atoms. The number of carbonyl (C=O) groups excluding carboxylic acids is 2. The highest BCUT2D eigenvalue weighted by atomic mass is 19.1. The van der Waals surface area contributed by atoms with Gasteiger partial charge in [-0.3, -0.25) is 4.79 Å². The van der Waals surface area contributed by atoms with Crippen molar-refractivity contribution in [2.24, 2.45) is 0 Å². The molecule has 1 aliphatic rings. The molecule has 220 valence electrons. The fourth-order valence-corrected chi connectivity index (χ4v) is 5.09. The highest BCUT2D eigenvalue weighted by Gasteiger charge is 2.37. The van der Waals surface area contributed by atoms with E-state index in [2.05, 4.69) is 16.8 Å². The topological polar surface area (TPSA) is 84.1 Å². The van der Waals surface area contributed by atoms with Gasteiger partial charge in [-0.05, 0) is 62.4 Å². The minimum atomic E-state index is -0.543. The third-order valence-electron chi connectivity index (χ3n) is 7.12. The maximum atomic E-state index is 13.5. The molecule has 2 aromatic carbocycles. The average molecular weight is 566 g/mol. The summed E-state index contributed by atoms with van der Waals surface area (Å²) in [4.78, 5) is 33.8. The van der Waals surface area contributed by atoms with Crippen LogP contribution in [0.3, 0.4) is 0 Å². The van der Waals surface area contributed by atoms with Crippen molar-refractivity contribution in [1.29, 1.82) is 0 Å². The number of benzene rings is 2. The lowest BCUT2D eigenvalue weighted by molar-refractivity contribution is -0.136. The molecule has 0 fully saturated rings. The Hall–Kier alpha value is -3.69. The number of ether oxygens (including phenoxy) is 3. The molecule has 0 saturated carbocycles. The molecule has 8 nitrogen and oxygen atoms in total. The minimum Gasteiger partial charge on any atom is -0.492 e. The standard InChI is InChI=1S/C32H40FN3O5/c1-6-16-39-17-14-35(5)15-18-41-24-12-13-25-27(19-24)34-29-26(31(38)40-7-2)20-36(21-32(3,4)28(25)29)30(37)22-8-10-23(33)11-9-22/h8-13,19-20,34H,6-7,14-18,21H2,1-5H3. The average Bonchev–Trinajstić information content (AvgIpc) is 3.27. The number of fused-ring (bicyclic) bond motifs is 3. The van der Waals surface area contributed by atoms with E-state index in [0.717, 1.165) is 48.3 Å². The smallest absolute Gasteiger partial charge is 0.341 e. The SMILES string of the molecule is CCCOCCN(C)CCOc1ccc2c3c([nH]c2c1)C(C(=O)OCC)=CN(C(=O)c1ccc(F)cc1)CC3(C)C. The first-order valence-electron chi connectivity index (χ1n) is 14.2.